The molecule has 0 amide bonds. The number of hydrogen-bond acceptors (Lipinski definition) is 0. The number of aromatic nitrogens is 2. The molecule has 1 heterocycles. The molecule has 5 rings (SSSR count). The molecule has 2 nitrogen and oxygen atoms in total. The normalized spacial score (nSPS) is 17.5. The van der Waals surface area contributed by atoms with Crippen molar-refractivity contribution in [2.75, 3.05) is 0 Å². The number of rotatable bonds is 5. The Morgan fingerprint density at radius 1 is 1.00 bits per heavy atom. The molecule has 0 radical (unpaired) electrons. The summed E-state index contributed by atoms with van der Waals surface area (Å²) < 4.78 is 4.74. The minimum Gasteiger partial charge on any atom is -0.230 e. The van der Waals surface area contributed by atoms with E-state index in [1.54, 1.807) is 0 Å². The van der Waals surface area contributed by atoms with Crippen LogP contribution in [-0.2, 0) is 0 Å². The van der Waals surface area contributed by atoms with E-state index < -0.39 is 0 Å². The van der Waals surface area contributed by atoms with Crippen LogP contribution in [0.15, 0.2) is 79.4 Å². The Hall–Kier alpha value is -3.13. The second-order valence-electron chi connectivity index (χ2n) is 8.91. The van der Waals surface area contributed by atoms with Gasteiger partial charge in [-0.05, 0) is 46.9 Å². The molecule has 0 aliphatic heterocycles. The molecule has 3 unspecified atom stereocenters. The largest absolute Gasteiger partial charge is 0.244 e. The van der Waals surface area contributed by atoms with E-state index in [0.717, 1.165) is 12.8 Å². The molecule has 31 heavy (non-hydrogen) atoms. The van der Waals surface area contributed by atoms with E-state index in [1.807, 2.05) is 0 Å². The zero-order valence-corrected chi connectivity index (χ0v) is 18.7. The van der Waals surface area contributed by atoms with Crippen molar-refractivity contribution >= 4 is 22.9 Å². The fourth-order valence-corrected chi connectivity index (χ4v) is 5.09. The summed E-state index contributed by atoms with van der Waals surface area (Å²) in [6.45, 7) is 6.90. The molecule has 0 N–H and O–H groups in total. The summed E-state index contributed by atoms with van der Waals surface area (Å²) in [5.74, 6) is 0.604. The van der Waals surface area contributed by atoms with Crippen LogP contribution in [0.2, 0.25) is 0 Å². The Kier molecular flexibility index (Phi) is 5.23. The van der Waals surface area contributed by atoms with Gasteiger partial charge in [0.15, 0.2) is 0 Å². The first-order valence-corrected chi connectivity index (χ1v) is 11.5. The number of benzene rings is 3. The van der Waals surface area contributed by atoms with Crippen molar-refractivity contribution in [1.29, 1.82) is 0 Å². The van der Waals surface area contributed by atoms with E-state index in [4.69, 9.17) is 0 Å². The Labute approximate surface area is 184 Å². The molecule has 4 aromatic rings. The minimum absolute atomic E-state index is 0.273. The maximum atomic E-state index is 2.46. The van der Waals surface area contributed by atoms with Gasteiger partial charge in [-0.2, -0.15) is 0 Å². The molecule has 0 fully saturated rings. The van der Waals surface area contributed by atoms with Crippen LogP contribution in [0.1, 0.15) is 56.8 Å². The Morgan fingerprint density at radius 3 is 2.65 bits per heavy atom. The summed E-state index contributed by atoms with van der Waals surface area (Å²) in [5, 5.41) is 5.45. The van der Waals surface area contributed by atoms with Crippen LogP contribution in [0.25, 0.3) is 22.9 Å². The van der Waals surface area contributed by atoms with Crippen molar-refractivity contribution in [2.24, 2.45) is 5.92 Å². The molecule has 2 heteroatoms. The van der Waals surface area contributed by atoms with Gasteiger partial charge in [0, 0.05) is 11.1 Å². The molecule has 1 aliphatic rings. The minimum atomic E-state index is 0.273. The summed E-state index contributed by atoms with van der Waals surface area (Å²) in [5.41, 5.74) is 2.80. The van der Waals surface area contributed by atoms with Crippen LogP contribution in [0, 0.1) is 5.92 Å². The quantitative estimate of drug-likeness (QED) is 0.405. The summed E-state index contributed by atoms with van der Waals surface area (Å²) in [4.78, 5) is 0. The highest BCUT2D eigenvalue weighted by molar-refractivity contribution is 5.86. The first-order chi connectivity index (χ1) is 15.2. The molecule has 0 spiro atoms. The lowest BCUT2D eigenvalue weighted by atomic mass is 9.93. The lowest BCUT2D eigenvalue weighted by molar-refractivity contribution is -0.713. The van der Waals surface area contributed by atoms with Gasteiger partial charge in [-0.25, -0.2) is 9.13 Å². The number of nitrogens with zero attached hydrogens (tertiary/aromatic N) is 2. The van der Waals surface area contributed by atoms with Crippen molar-refractivity contribution in [2.45, 2.75) is 45.7 Å². The molecular formula is C29H31N2+. The molecule has 0 bridgehead atoms. The van der Waals surface area contributed by atoms with Gasteiger partial charge in [0.2, 0.25) is 6.33 Å². The van der Waals surface area contributed by atoms with E-state index in [9.17, 15) is 0 Å². The SMILES string of the molecule is CCC(c1cccc2c1=CC(C)CC=2)[n+]1ccn(C(C)c2cccc3ccccc23)c1. The third kappa shape index (κ3) is 3.61. The van der Waals surface area contributed by atoms with Crippen molar-refractivity contribution in [3.05, 3.63) is 101 Å². The van der Waals surface area contributed by atoms with Gasteiger partial charge in [-0.1, -0.05) is 86.7 Å². The summed E-state index contributed by atoms with van der Waals surface area (Å²) >= 11 is 0. The molecular weight excluding hydrogens is 376 g/mol. The van der Waals surface area contributed by atoms with E-state index in [-0.39, 0.29) is 6.04 Å². The van der Waals surface area contributed by atoms with Gasteiger partial charge in [0.25, 0.3) is 0 Å². The third-order valence-electron chi connectivity index (χ3n) is 6.84. The van der Waals surface area contributed by atoms with Gasteiger partial charge in [0.05, 0.1) is 0 Å². The number of fused-ring (bicyclic) bond motifs is 2. The van der Waals surface area contributed by atoms with E-state index in [0.29, 0.717) is 12.0 Å². The summed E-state index contributed by atoms with van der Waals surface area (Å²) in [6, 6.07) is 22.7. The average Bonchev–Trinajstić information content (AvgIpc) is 3.29. The molecule has 1 aromatic heterocycles. The van der Waals surface area contributed by atoms with Gasteiger partial charge < -0.3 is 0 Å². The van der Waals surface area contributed by atoms with Crippen molar-refractivity contribution in [3.8, 4) is 0 Å². The highest BCUT2D eigenvalue weighted by Gasteiger charge is 2.22. The first-order valence-electron chi connectivity index (χ1n) is 11.5. The summed E-state index contributed by atoms with van der Waals surface area (Å²) in [6.07, 6.45) is 13.8. The topological polar surface area (TPSA) is 8.81 Å². The van der Waals surface area contributed by atoms with Crippen LogP contribution in [0.3, 0.4) is 0 Å². The average molecular weight is 408 g/mol. The Bertz CT molecular complexity index is 1340. The van der Waals surface area contributed by atoms with Gasteiger partial charge in [0.1, 0.15) is 24.5 Å². The standard InChI is InChI=1S/C29H31N2/c1-4-29(27-14-8-11-24-16-15-21(2)19-28(24)27)31-18-17-30(20-31)22(3)25-13-7-10-23-9-5-6-12-26(23)25/h5-14,16-22,29H,4,15H2,1-3H3/q+1. The van der Waals surface area contributed by atoms with Gasteiger partial charge in [-0.3, -0.25) is 0 Å². The number of hydrogen-bond donors (Lipinski definition) is 0. The maximum Gasteiger partial charge on any atom is 0.244 e. The van der Waals surface area contributed by atoms with Crippen LogP contribution < -0.4 is 15.0 Å². The zero-order valence-electron chi connectivity index (χ0n) is 18.7. The van der Waals surface area contributed by atoms with E-state index in [1.165, 1.54) is 32.3 Å². The number of imidazole rings is 1. The molecule has 3 atom stereocenters. The predicted molar refractivity (Wildman–Crippen MR) is 129 cm³/mol. The predicted octanol–water partition coefficient (Wildman–Crippen LogP) is 5.14. The molecule has 1 aliphatic carbocycles. The molecule has 156 valence electrons. The smallest absolute Gasteiger partial charge is 0.230 e. The molecule has 0 saturated heterocycles. The van der Waals surface area contributed by atoms with E-state index >= 15 is 0 Å². The van der Waals surface area contributed by atoms with E-state index in [2.05, 4.69) is 121 Å². The zero-order chi connectivity index (χ0) is 21.4. The van der Waals surface area contributed by atoms with Crippen molar-refractivity contribution < 1.29 is 4.57 Å². The fourth-order valence-electron chi connectivity index (χ4n) is 5.09. The van der Waals surface area contributed by atoms with Crippen molar-refractivity contribution in [3.63, 3.8) is 0 Å². The molecule has 0 saturated carbocycles. The first kappa shape index (κ1) is 19.8. The molecule has 3 aromatic carbocycles. The Balaban J connectivity index is 1.54. The van der Waals surface area contributed by atoms with Crippen LogP contribution in [-0.4, -0.2) is 4.57 Å². The highest BCUT2D eigenvalue weighted by Crippen LogP contribution is 2.26. The Morgan fingerprint density at radius 2 is 1.77 bits per heavy atom. The maximum absolute atomic E-state index is 2.46. The second kappa shape index (κ2) is 8.19. The lowest BCUT2D eigenvalue weighted by Gasteiger charge is -2.17. The second-order valence-corrected chi connectivity index (χ2v) is 8.91. The summed E-state index contributed by atoms with van der Waals surface area (Å²) in [7, 11) is 0. The third-order valence-corrected chi connectivity index (χ3v) is 6.84. The van der Waals surface area contributed by atoms with Gasteiger partial charge in [-0.15, -0.1) is 0 Å². The fraction of sp³-hybridized carbons (Fsp3) is 0.276. The van der Waals surface area contributed by atoms with Crippen LogP contribution in [0.5, 0.6) is 0 Å². The van der Waals surface area contributed by atoms with Crippen molar-refractivity contribution in [1.82, 2.24) is 4.57 Å². The van der Waals surface area contributed by atoms with Crippen LogP contribution >= 0.6 is 0 Å². The van der Waals surface area contributed by atoms with Crippen LogP contribution in [0.4, 0.5) is 0 Å². The lowest BCUT2D eigenvalue weighted by Crippen LogP contribution is -2.43. The highest BCUT2D eigenvalue weighted by atomic mass is 15.1. The monoisotopic (exact) mass is 407 g/mol. The van der Waals surface area contributed by atoms with Gasteiger partial charge >= 0.3 is 0 Å².